The molecule has 2 aliphatic heterocycles. The predicted molar refractivity (Wildman–Crippen MR) is 170 cm³/mol. The monoisotopic (exact) mass is 602 g/mol. The van der Waals surface area contributed by atoms with E-state index in [1.165, 1.54) is 5.56 Å². The van der Waals surface area contributed by atoms with Crippen molar-refractivity contribution in [3.63, 3.8) is 0 Å². The normalized spacial score (nSPS) is 20.0. The summed E-state index contributed by atoms with van der Waals surface area (Å²) in [5, 5.41) is 13.7. The molecule has 3 aromatic rings. The highest BCUT2D eigenvalue weighted by Crippen LogP contribution is 2.24. The second-order valence-corrected chi connectivity index (χ2v) is 11.8. The molecule has 2 saturated heterocycles. The molecular weight excluding hydrogens is 558 g/mol. The van der Waals surface area contributed by atoms with Crippen LogP contribution in [0.15, 0.2) is 67.0 Å². The Balaban J connectivity index is 1.11. The zero-order valence-electron chi connectivity index (χ0n) is 25.8. The number of rotatable bonds is 10. The lowest BCUT2D eigenvalue weighted by molar-refractivity contribution is -0.929. The topological polar surface area (TPSA) is 117 Å². The minimum atomic E-state index is -0.609. The van der Waals surface area contributed by atoms with Crippen LogP contribution in [0.5, 0.6) is 0 Å². The fraction of sp³-hybridized carbons (Fsp3) is 0.424. The second kappa shape index (κ2) is 14.6. The van der Waals surface area contributed by atoms with Crippen molar-refractivity contribution in [2.45, 2.75) is 39.1 Å². The zero-order valence-corrected chi connectivity index (χ0v) is 25.8. The van der Waals surface area contributed by atoms with Gasteiger partial charge in [-0.05, 0) is 67.3 Å². The van der Waals surface area contributed by atoms with E-state index in [1.807, 2.05) is 61.7 Å². The van der Waals surface area contributed by atoms with E-state index in [-0.39, 0.29) is 18.2 Å². The van der Waals surface area contributed by atoms with Gasteiger partial charge in [0.25, 0.3) is 5.91 Å². The van der Waals surface area contributed by atoms with Gasteiger partial charge in [0.1, 0.15) is 6.29 Å². The Morgan fingerprint density at radius 2 is 1.89 bits per heavy atom. The third kappa shape index (κ3) is 8.54. The number of quaternary nitrogens is 1. The summed E-state index contributed by atoms with van der Waals surface area (Å²) < 4.78 is 10.8. The average molecular weight is 603 g/mol. The quantitative estimate of drug-likeness (QED) is 0.201. The Kier molecular flexibility index (Phi) is 10.4. The third-order valence-electron chi connectivity index (χ3n) is 8.32. The van der Waals surface area contributed by atoms with Crippen LogP contribution in [0.1, 0.15) is 46.4 Å². The summed E-state index contributed by atoms with van der Waals surface area (Å²) in [4.78, 5) is 31.3. The van der Waals surface area contributed by atoms with Crippen molar-refractivity contribution in [2.24, 2.45) is 0 Å². The first kappa shape index (κ1) is 31.4. The molecular formula is C33H44N7O4+. The molecule has 2 unspecified atom stereocenters. The van der Waals surface area contributed by atoms with Gasteiger partial charge in [0.2, 0.25) is 6.73 Å². The minimum Gasteiger partial charge on any atom is -0.434 e. The standard InChI is InChI=1S/C33H43N7O4/c1-4-43-33(42)44-23-40(3)18-16-39(17-19-40)22-25-8-10-26(11-9-25)31(41)36-28-12-7-24(2)30(20-28)38-32-35-15-13-29(37-32)27-6-5-14-34-21-27/h5-12,14,20-21,29,32,35,37-38H,4,13,15-19,22-23H2,1-3H3/p+1. The number of hydrogen-bond acceptors (Lipinski definition) is 9. The molecule has 11 heteroatoms. The fourth-order valence-corrected chi connectivity index (χ4v) is 5.53. The summed E-state index contributed by atoms with van der Waals surface area (Å²) in [5.41, 5.74) is 5.69. The number of ether oxygens (including phenoxy) is 2. The first-order chi connectivity index (χ1) is 21.3. The highest BCUT2D eigenvalue weighted by Gasteiger charge is 2.30. The molecule has 234 valence electrons. The highest BCUT2D eigenvalue weighted by atomic mass is 16.7. The van der Waals surface area contributed by atoms with Crippen LogP contribution in [-0.2, 0) is 16.0 Å². The summed E-state index contributed by atoms with van der Waals surface area (Å²) in [6.45, 7) is 9.67. The van der Waals surface area contributed by atoms with Gasteiger partial charge in [-0.2, -0.15) is 0 Å². The molecule has 1 aromatic heterocycles. The van der Waals surface area contributed by atoms with Gasteiger partial charge in [0.15, 0.2) is 0 Å². The summed E-state index contributed by atoms with van der Waals surface area (Å²) >= 11 is 0. The van der Waals surface area contributed by atoms with Crippen molar-refractivity contribution >= 4 is 23.4 Å². The third-order valence-corrected chi connectivity index (χ3v) is 8.32. The lowest BCUT2D eigenvalue weighted by atomic mass is 10.0. The van der Waals surface area contributed by atoms with E-state index in [1.54, 1.807) is 13.1 Å². The van der Waals surface area contributed by atoms with Gasteiger partial charge >= 0.3 is 6.16 Å². The van der Waals surface area contributed by atoms with Crippen molar-refractivity contribution < 1.29 is 23.5 Å². The van der Waals surface area contributed by atoms with Crippen LogP contribution in [0, 0.1) is 6.92 Å². The number of carbonyl (C=O) groups excluding carboxylic acids is 2. The number of amides is 1. The Morgan fingerprint density at radius 1 is 1.09 bits per heavy atom. The fourth-order valence-electron chi connectivity index (χ4n) is 5.53. The molecule has 1 amide bonds. The average Bonchev–Trinajstić information content (AvgIpc) is 3.04. The number of hydrogen-bond donors (Lipinski definition) is 4. The number of pyridine rings is 1. The molecule has 5 rings (SSSR count). The number of nitrogens with one attached hydrogen (secondary N) is 4. The van der Waals surface area contributed by atoms with Crippen LogP contribution in [-0.4, -0.2) is 85.8 Å². The number of benzene rings is 2. The van der Waals surface area contributed by atoms with Crippen molar-refractivity contribution in [1.82, 2.24) is 20.5 Å². The van der Waals surface area contributed by atoms with Crippen LogP contribution in [0.4, 0.5) is 16.2 Å². The predicted octanol–water partition coefficient (Wildman–Crippen LogP) is 4.05. The molecule has 0 saturated carbocycles. The lowest BCUT2D eigenvalue weighted by Gasteiger charge is -2.41. The van der Waals surface area contributed by atoms with Gasteiger partial charge in [-0.25, -0.2) is 4.79 Å². The molecule has 0 aliphatic carbocycles. The SMILES string of the molecule is CCOC(=O)OC[N+]1(C)CCN(Cc2ccc(C(=O)Nc3ccc(C)c(NC4NCCC(c5cccnc5)N4)c3)cc2)CC1. The summed E-state index contributed by atoms with van der Waals surface area (Å²) in [6.07, 6.45) is 3.95. The molecule has 2 aliphatic rings. The van der Waals surface area contributed by atoms with Crippen LogP contribution in [0.25, 0.3) is 0 Å². The molecule has 11 nitrogen and oxygen atoms in total. The Morgan fingerprint density at radius 3 is 2.61 bits per heavy atom. The van der Waals surface area contributed by atoms with Crippen molar-refractivity contribution in [2.75, 3.05) is 63.7 Å². The number of nitrogens with zero attached hydrogens (tertiary/aromatic N) is 3. The van der Waals surface area contributed by atoms with Crippen LogP contribution in [0.3, 0.4) is 0 Å². The van der Waals surface area contributed by atoms with Gasteiger partial charge in [0, 0.05) is 61.6 Å². The van der Waals surface area contributed by atoms with Gasteiger partial charge in [-0.1, -0.05) is 24.3 Å². The number of anilines is 2. The molecule has 3 heterocycles. The van der Waals surface area contributed by atoms with E-state index in [0.717, 1.165) is 68.2 Å². The van der Waals surface area contributed by atoms with Crippen molar-refractivity contribution in [1.29, 1.82) is 0 Å². The second-order valence-electron chi connectivity index (χ2n) is 11.8. The maximum Gasteiger partial charge on any atom is 0.512 e. The van der Waals surface area contributed by atoms with Crippen LogP contribution in [0.2, 0.25) is 0 Å². The molecule has 2 aromatic carbocycles. The number of piperazine rings is 1. The number of likely N-dealkylation sites (N-methyl/N-ethyl adjacent to an activating group) is 1. The van der Waals surface area contributed by atoms with Crippen molar-refractivity contribution in [3.05, 3.63) is 89.2 Å². The van der Waals surface area contributed by atoms with E-state index >= 15 is 0 Å². The van der Waals surface area contributed by atoms with Crippen LogP contribution < -0.4 is 21.3 Å². The lowest BCUT2D eigenvalue weighted by Crippen LogP contribution is -2.58. The molecule has 0 bridgehead atoms. The minimum absolute atomic E-state index is 0.114. The first-order valence-electron chi connectivity index (χ1n) is 15.3. The van der Waals surface area contributed by atoms with Crippen LogP contribution >= 0.6 is 0 Å². The number of aromatic nitrogens is 1. The van der Waals surface area contributed by atoms with Crippen molar-refractivity contribution in [3.8, 4) is 0 Å². The number of aryl methyl sites for hydroxylation is 1. The molecule has 0 spiro atoms. The summed E-state index contributed by atoms with van der Waals surface area (Å²) in [7, 11) is 2.10. The Bertz CT molecular complexity index is 1400. The summed E-state index contributed by atoms with van der Waals surface area (Å²) in [5.74, 6) is -0.149. The van der Waals surface area contributed by atoms with E-state index in [0.29, 0.717) is 23.4 Å². The van der Waals surface area contributed by atoms with E-state index < -0.39 is 6.16 Å². The smallest absolute Gasteiger partial charge is 0.434 e. The molecule has 4 N–H and O–H groups in total. The Labute approximate surface area is 259 Å². The van der Waals surface area contributed by atoms with Gasteiger partial charge in [0.05, 0.1) is 26.7 Å². The first-order valence-corrected chi connectivity index (χ1v) is 15.3. The highest BCUT2D eigenvalue weighted by molar-refractivity contribution is 6.04. The van der Waals surface area contributed by atoms with E-state index in [2.05, 4.69) is 44.3 Å². The molecule has 0 radical (unpaired) electrons. The van der Waals surface area contributed by atoms with E-state index in [4.69, 9.17) is 9.47 Å². The Hall–Kier alpha value is -4.03. The summed E-state index contributed by atoms with van der Waals surface area (Å²) in [6, 6.07) is 18.0. The molecule has 2 atom stereocenters. The van der Waals surface area contributed by atoms with Gasteiger partial charge in [-0.3, -0.25) is 29.8 Å². The largest absolute Gasteiger partial charge is 0.512 e. The maximum atomic E-state index is 13.1. The molecule has 44 heavy (non-hydrogen) atoms. The number of carbonyl (C=O) groups is 2. The van der Waals surface area contributed by atoms with E-state index in [9.17, 15) is 9.59 Å². The molecule has 2 fully saturated rings. The maximum absolute atomic E-state index is 13.1. The van der Waals surface area contributed by atoms with Gasteiger partial charge in [-0.15, -0.1) is 0 Å². The zero-order chi connectivity index (χ0) is 30.9. The van der Waals surface area contributed by atoms with Gasteiger partial charge < -0.3 is 20.1 Å².